The topological polar surface area (TPSA) is 137 Å². The number of ether oxygens (including phenoxy) is 1. The fraction of sp³-hybridized carbons (Fsp3) is 0.400. The SMILES string of the molecule is COc1ncccc1-c1nc(C(=O)Nc2cnn(C)c2N2CCC[C@H](N)CC2)c(N)s1. The number of rotatable bonds is 5. The summed E-state index contributed by atoms with van der Waals surface area (Å²) in [4.78, 5) is 23.9. The summed E-state index contributed by atoms with van der Waals surface area (Å²) in [5.41, 5.74) is 13.7. The van der Waals surface area contributed by atoms with Gasteiger partial charge in [-0.2, -0.15) is 5.10 Å². The monoisotopic (exact) mass is 442 g/mol. The van der Waals surface area contributed by atoms with Gasteiger partial charge in [-0.05, 0) is 31.4 Å². The van der Waals surface area contributed by atoms with Crippen molar-refractivity contribution >= 4 is 33.8 Å². The van der Waals surface area contributed by atoms with Gasteiger partial charge < -0.3 is 26.4 Å². The Kier molecular flexibility index (Phi) is 6.05. The highest BCUT2D eigenvalue weighted by Gasteiger charge is 2.24. The highest BCUT2D eigenvalue weighted by atomic mass is 32.1. The van der Waals surface area contributed by atoms with Crippen molar-refractivity contribution in [3.8, 4) is 16.5 Å². The molecule has 1 amide bonds. The summed E-state index contributed by atoms with van der Waals surface area (Å²) in [5, 5.41) is 8.17. The first kappa shape index (κ1) is 21.1. The van der Waals surface area contributed by atoms with Gasteiger partial charge in [0.2, 0.25) is 5.88 Å². The molecule has 3 aromatic heterocycles. The number of nitrogens with two attached hydrogens (primary N) is 2. The zero-order valence-corrected chi connectivity index (χ0v) is 18.4. The van der Waals surface area contributed by atoms with E-state index in [0.29, 0.717) is 27.1 Å². The normalized spacial score (nSPS) is 16.7. The summed E-state index contributed by atoms with van der Waals surface area (Å²) in [5.74, 6) is 0.895. The van der Waals surface area contributed by atoms with E-state index in [4.69, 9.17) is 16.2 Å². The molecular weight excluding hydrogens is 416 g/mol. The molecule has 1 fully saturated rings. The Hall–Kier alpha value is -3.18. The molecule has 0 aliphatic carbocycles. The molecule has 0 aromatic carbocycles. The lowest BCUT2D eigenvalue weighted by Gasteiger charge is -2.24. The average Bonchev–Trinajstić information content (AvgIpc) is 3.25. The van der Waals surface area contributed by atoms with Crippen molar-refractivity contribution in [3.05, 3.63) is 30.2 Å². The van der Waals surface area contributed by atoms with Crippen LogP contribution in [0, 0.1) is 0 Å². The summed E-state index contributed by atoms with van der Waals surface area (Å²) < 4.78 is 7.06. The molecule has 1 saturated heterocycles. The number of aryl methyl sites for hydroxylation is 1. The van der Waals surface area contributed by atoms with Crippen LogP contribution in [0.15, 0.2) is 24.5 Å². The van der Waals surface area contributed by atoms with E-state index in [1.807, 2.05) is 13.1 Å². The molecule has 164 valence electrons. The number of anilines is 3. The first-order chi connectivity index (χ1) is 15.0. The molecular formula is C20H26N8O2S. The molecule has 5 N–H and O–H groups in total. The Morgan fingerprint density at radius 1 is 1.35 bits per heavy atom. The van der Waals surface area contributed by atoms with E-state index >= 15 is 0 Å². The first-order valence-corrected chi connectivity index (χ1v) is 10.9. The van der Waals surface area contributed by atoms with E-state index < -0.39 is 0 Å². The van der Waals surface area contributed by atoms with Gasteiger partial charge in [-0.3, -0.25) is 9.48 Å². The third kappa shape index (κ3) is 4.32. The van der Waals surface area contributed by atoms with Gasteiger partial charge in [0, 0.05) is 32.4 Å². The zero-order valence-electron chi connectivity index (χ0n) is 17.5. The van der Waals surface area contributed by atoms with Gasteiger partial charge in [-0.25, -0.2) is 9.97 Å². The molecule has 31 heavy (non-hydrogen) atoms. The van der Waals surface area contributed by atoms with Gasteiger partial charge in [0.05, 0.1) is 18.9 Å². The number of methoxy groups -OCH3 is 1. The Bertz CT molecular complexity index is 1080. The minimum Gasteiger partial charge on any atom is -0.480 e. The van der Waals surface area contributed by atoms with Crippen molar-refractivity contribution in [1.82, 2.24) is 19.7 Å². The van der Waals surface area contributed by atoms with Crippen molar-refractivity contribution in [2.75, 3.05) is 36.1 Å². The van der Waals surface area contributed by atoms with Crippen molar-refractivity contribution in [3.63, 3.8) is 0 Å². The molecule has 3 aromatic rings. The number of nitrogens with zero attached hydrogens (tertiary/aromatic N) is 5. The number of hydrogen-bond donors (Lipinski definition) is 3. The van der Waals surface area contributed by atoms with Crippen molar-refractivity contribution < 1.29 is 9.53 Å². The van der Waals surface area contributed by atoms with Crippen LogP contribution >= 0.6 is 11.3 Å². The Morgan fingerprint density at radius 3 is 3.00 bits per heavy atom. The van der Waals surface area contributed by atoms with E-state index in [1.54, 1.807) is 23.1 Å². The van der Waals surface area contributed by atoms with Gasteiger partial charge in [-0.15, -0.1) is 0 Å². The number of amides is 1. The lowest BCUT2D eigenvalue weighted by Crippen LogP contribution is -2.29. The van der Waals surface area contributed by atoms with Gasteiger partial charge in [0.15, 0.2) is 11.5 Å². The standard InChI is InChI=1S/C20H26N8O2S/c1-27-20(28-9-4-5-12(21)7-10-28)14(11-24-27)25-17(29)15-16(22)31-19(26-15)13-6-3-8-23-18(13)30-2/h3,6,8,11-12H,4-5,7,9-10,21-22H2,1-2H3,(H,25,29)/t12-/m0/s1. The van der Waals surface area contributed by atoms with E-state index in [-0.39, 0.29) is 17.6 Å². The molecule has 11 heteroatoms. The van der Waals surface area contributed by atoms with Crippen molar-refractivity contribution in [2.24, 2.45) is 12.8 Å². The lowest BCUT2D eigenvalue weighted by molar-refractivity contribution is 0.102. The minimum atomic E-state index is -0.386. The van der Waals surface area contributed by atoms with Crippen LogP contribution in [0.5, 0.6) is 5.88 Å². The van der Waals surface area contributed by atoms with Crippen LogP contribution in [0.1, 0.15) is 29.8 Å². The maximum absolute atomic E-state index is 13.0. The highest BCUT2D eigenvalue weighted by molar-refractivity contribution is 7.19. The number of aromatic nitrogens is 4. The second kappa shape index (κ2) is 8.90. The largest absolute Gasteiger partial charge is 0.480 e. The average molecular weight is 443 g/mol. The summed E-state index contributed by atoms with van der Waals surface area (Å²) in [6.45, 7) is 1.67. The third-order valence-electron chi connectivity index (χ3n) is 5.29. The van der Waals surface area contributed by atoms with Crippen LogP contribution in [0.25, 0.3) is 10.6 Å². The summed E-state index contributed by atoms with van der Waals surface area (Å²) >= 11 is 1.22. The molecule has 0 saturated carbocycles. The van der Waals surface area contributed by atoms with Crippen molar-refractivity contribution in [2.45, 2.75) is 25.3 Å². The Balaban J connectivity index is 1.58. The summed E-state index contributed by atoms with van der Waals surface area (Å²) in [6.07, 6.45) is 6.16. The van der Waals surface area contributed by atoms with Gasteiger partial charge in [0.1, 0.15) is 15.7 Å². The van der Waals surface area contributed by atoms with Crippen LogP contribution in [-0.2, 0) is 7.05 Å². The molecule has 0 unspecified atom stereocenters. The van der Waals surface area contributed by atoms with Crippen molar-refractivity contribution in [1.29, 1.82) is 0 Å². The number of carbonyl (C=O) groups excluding carboxylic acids is 1. The molecule has 4 rings (SSSR count). The van der Waals surface area contributed by atoms with Crippen LogP contribution in [0.2, 0.25) is 0 Å². The highest BCUT2D eigenvalue weighted by Crippen LogP contribution is 2.35. The third-order valence-corrected chi connectivity index (χ3v) is 6.21. The number of pyridine rings is 1. The quantitative estimate of drug-likeness (QED) is 0.546. The van der Waals surface area contributed by atoms with Gasteiger partial charge >= 0.3 is 0 Å². The van der Waals surface area contributed by atoms with Gasteiger partial charge in [0.25, 0.3) is 5.91 Å². The molecule has 0 bridgehead atoms. The Labute approximate surface area is 184 Å². The molecule has 0 spiro atoms. The second-order valence-electron chi connectivity index (χ2n) is 7.43. The van der Waals surface area contributed by atoms with E-state index in [9.17, 15) is 4.79 Å². The van der Waals surface area contributed by atoms with E-state index in [0.717, 1.165) is 38.2 Å². The number of nitrogen functional groups attached to an aromatic ring is 1. The summed E-state index contributed by atoms with van der Waals surface area (Å²) in [7, 11) is 3.40. The van der Waals surface area contributed by atoms with Crippen LogP contribution in [0.4, 0.5) is 16.5 Å². The number of carbonyl (C=O) groups is 1. The second-order valence-corrected chi connectivity index (χ2v) is 8.46. The predicted octanol–water partition coefficient (Wildman–Crippen LogP) is 2.10. The van der Waals surface area contributed by atoms with Crippen LogP contribution in [0.3, 0.4) is 0 Å². The Morgan fingerprint density at radius 2 is 2.19 bits per heavy atom. The molecule has 1 aliphatic rings. The first-order valence-electron chi connectivity index (χ1n) is 10.1. The lowest BCUT2D eigenvalue weighted by atomic mass is 10.1. The molecule has 1 aliphatic heterocycles. The number of thiazole rings is 1. The fourth-order valence-corrected chi connectivity index (χ4v) is 4.58. The molecule has 1 atom stereocenters. The van der Waals surface area contributed by atoms with Gasteiger partial charge in [-0.1, -0.05) is 11.3 Å². The maximum atomic E-state index is 13.0. The smallest absolute Gasteiger partial charge is 0.277 e. The fourth-order valence-electron chi connectivity index (χ4n) is 3.74. The minimum absolute atomic E-state index is 0.165. The van der Waals surface area contributed by atoms with E-state index in [2.05, 4.69) is 25.3 Å². The molecule has 4 heterocycles. The number of hydrogen-bond acceptors (Lipinski definition) is 9. The number of nitrogens with one attached hydrogen (secondary N) is 1. The van der Waals surface area contributed by atoms with Crippen LogP contribution < -0.4 is 26.4 Å². The molecule has 10 nitrogen and oxygen atoms in total. The molecule has 0 radical (unpaired) electrons. The van der Waals surface area contributed by atoms with E-state index in [1.165, 1.54) is 18.4 Å². The van der Waals surface area contributed by atoms with Crippen LogP contribution in [-0.4, -0.2) is 51.9 Å². The zero-order chi connectivity index (χ0) is 22.0. The maximum Gasteiger partial charge on any atom is 0.277 e. The predicted molar refractivity (Wildman–Crippen MR) is 122 cm³/mol. The summed E-state index contributed by atoms with van der Waals surface area (Å²) in [6, 6.07) is 3.81.